The van der Waals surface area contributed by atoms with Gasteiger partial charge in [0.1, 0.15) is 0 Å². The minimum absolute atomic E-state index is 0.00351. The first-order valence-electron chi connectivity index (χ1n) is 6.97. The van der Waals surface area contributed by atoms with Gasteiger partial charge in [0.2, 0.25) is 20.0 Å². The fourth-order valence-electron chi connectivity index (χ4n) is 3.05. The Morgan fingerprint density at radius 3 is 2.14 bits per heavy atom. The van der Waals surface area contributed by atoms with Gasteiger partial charge in [0.15, 0.2) is 0 Å². The second-order valence-corrected chi connectivity index (χ2v) is 10.0. The van der Waals surface area contributed by atoms with Gasteiger partial charge in [-0.25, -0.2) is 26.3 Å². The van der Waals surface area contributed by atoms with Crippen molar-refractivity contribution in [3.63, 3.8) is 0 Å². The first-order valence-corrected chi connectivity index (χ1v) is 10.3. The molecule has 2 N–H and O–H groups in total. The molecule has 0 amide bonds. The van der Waals surface area contributed by atoms with Gasteiger partial charge in [0, 0.05) is 25.1 Å². The molecule has 0 heterocycles. The maximum atomic E-state index is 12.0. The molecule has 0 aromatic carbocycles. The van der Waals surface area contributed by atoms with Crippen LogP contribution in [0.4, 0.5) is 0 Å². The molecule has 1 saturated carbocycles. The monoisotopic (exact) mass is 342 g/mol. The summed E-state index contributed by atoms with van der Waals surface area (Å²) in [7, 11) is -5.29. The molecule has 0 aliphatic heterocycles. The number of nitrogens with one attached hydrogen (secondary N) is 2. The van der Waals surface area contributed by atoms with Gasteiger partial charge in [-0.15, -0.1) is 0 Å². The lowest BCUT2D eigenvalue weighted by atomic mass is 9.58. The third-order valence-electron chi connectivity index (χ3n) is 4.17. The van der Waals surface area contributed by atoms with Crippen LogP contribution >= 0.6 is 0 Å². The Morgan fingerprint density at radius 2 is 1.71 bits per heavy atom. The fraction of sp³-hybridized carbons (Fsp3) is 1.00. The molecule has 7 nitrogen and oxygen atoms in total. The topological polar surface area (TPSA) is 102 Å². The van der Waals surface area contributed by atoms with E-state index in [-0.39, 0.29) is 41.5 Å². The van der Waals surface area contributed by atoms with Crippen molar-refractivity contribution in [2.24, 2.45) is 11.3 Å². The predicted molar refractivity (Wildman–Crippen MR) is 81.9 cm³/mol. The van der Waals surface area contributed by atoms with Gasteiger partial charge in [0.05, 0.1) is 17.6 Å². The molecule has 0 saturated heterocycles. The molecule has 1 aliphatic rings. The minimum Gasteiger partial charge on any atom is -0.380 e. The van der Waals surface area contributed by atoms with Gasteiger partial charge < -0.3 is 4.74 Å². The lowest BCUT2D eigenvalue weighted by Crippen LogP contribution is -2.68. The molecule has 1 rings (SSSR count). The van der Waals surface area contributed by atoms with Crippen molar-refractivity contribution >= 4 is 20.0 Å². The van der Waals surface area contributed by atoms with E-state index in [4.69, 9.17) is 4.74 Å². The van der Waals surface area contributed by atoms with E-state index >= 15 is 0 Å². The fourth-order valence-corrected chi connectivity index (χ4v) is 5.19. The third-order valence-corrected chi connectivity index (χ3v) is 6.93. The van der Waals surface area contributed by atoms with Crippen LogP contribution in [0.15, 0.2) is 0 Å². The minimum atomic E-state index is -3.54. The molecule has 126 valence electrons. The largest absolute Gasteiger partial charge is 0.380 e. The van der Waals surface area contributed by atoms with Gasteiger partial charge >= 0.3 is 0 Å². The van der Waals surface area contributed by atoms with Crippen LogP contribution in [0.1, 0.15) is 27.7 Å². The van der Waals surface area contributed by atoms with Crippen molar-refractivity contribution in [2.45, 2.75) is 39.8 Å². The Morgan fingerprint density at radius 1 is 1.14 bits per heavy atom. The van der Waals surface area contributed by atoms with Crippen LogP contribution in [0.25, 0.3) is 0 Å². The molecule has 0 bridgehead atoms. The summed E-state index contributed by atoms with van der Waals surface area (Å²) in [6.07, 6.45) is 0.00351. The summed E-state index contributed by atoms with van der Waals surface area (Å²) < 4.78 is 56.9. The van der Waals surface area contributed by atoms with E-state index in [9.17, 15) is 16.8 Å². The highest BCUT2D eigenvalue weighted by atomic mass is 32.2. The zero-order valence-corrected chi connectivity index (χ0v) is 14.8. The van der Waals surface area contributed by atoms with Crippen LogP contribution in [-0.2, 0) is 24.8 Å². The quantitative estimate of drug-likeness (QED) is 0.642. The van der Waals surface area contributed by atoms with Gasteiger partial charge in [-0.05, 0) is 12.8 Å². The molecule has 0 spiro atoms. The normalized spacial score (nSPS) is 29.1. The molecule has 9 heteroatoms. The molecule has 0 aromatic rings. The first kappa shape index (κ1) is 18.8. The van der Waals surface area contributed by atoms with E-state index < -0.39 is 20.0 Å². The molecular formula is C12H26N2O5S2. The first-order chi connectivity index (χ1) is 9.47. The Bertz CT molecular complexity index is 556. The van der Waals surface area contributed by atoms with E-state index in [0.29, 0.717) is 0 Å². The second-order valence-electron chi connectivity index (χ2n) is 6.05. The van der Waals surface area contributed by atoms with E-state index in [0.717, 1.165) is 0 Å². The summed E-state index contributed by atoms with van der Waals surface area (Å²) in [5.74, 6) is -0.265. The standard InChI is InChI=1S/C12H26N2O5S2/c1-6-20(15,16)13-7-8-21(17,18)14-10-9(2)11(19-5)12(10,3)4/h9-11,13-14H,6-8H2,1-5H3/t9-,10-,11+/m1/s1. The summed E-state index contributed by atoms with van der Waals surface area (Å²) in [4.78, 5) is 0. The van der Waals surface area contributed by atoms with Crippen LogP contribution in [0, 0.1) is 11.3 Å². The zero-order chi connectivity index (χ0) is 16.5. The molecule has 1 aliphatic carbocycles. The van der Waals surface area contributed by atoms with Gasteiger partial charge in [0.25, 0.3) is 0 Å². The smallest absolute Gasteiger partial charge is 0.213 e. The molecule has 1 fully saturated rings. The number of methoxy groups -OCH3 is 1. The van der Waals surface area contributed by atoms with Crippen LogP contribution < -0.4 is 9.44 Å². The summed E-state index contributed by atoms with van der Waals surface area (Å²) in [5, 5.41) is 0. The predicted octanol–water partition coefficient (Wildman–Crippen LogP) is -0.0954. The molecule has 0 radical (unpaired) electrons. The van der Waals surface area contributed by atoms with Crippen LogP contribution in [-0.4, -0.2) is 54.1 Å². The van der Waals surface area contributed by atoms with Gasteiger partial charge in [-0.3, -0.25) is 0 Å². The Kier molecular flexibility index (Phi) is 5.82. The molecule has 3 atom stereocenters. The highest BCUT2D eigenvalue weighted by molar-refractivity contribution is 7.90. The number of hydrogen-bond donors (Lipinski definition) is 2. The Labute approximate surface area is 127 Å². The summed E-state index contributed by atoms with van der Waals surface area (Å²) >= 11 is 0. The number of sulfonamides is 2. The van der Waals surface area contributed by atoms with Crippen molar-refractivity contribution in [1.82, 2.24) is 9.44 Å². The van der Waals surface area contributed by atoms with E-state index in [1.165, 1.54) is 6.92 Å². The van der Waals surface area contributed by atoms with Gasteiger partial charge in [-0.1, -0.05) is 20.8 Å². The summed E-state index contributed by atoms with van der Waals surface area (Å²) in [6, 6.07) is -0.213. The number of rotatable bonds is 8. The molecule has 0 unspecified atom stereocenters. The van der Waals surface area contributed by atoms with Crippen LogP contribution in [0.2, 0.25) is 0 Å². The zero-order valence-electron chi connectivity index (χ0n) is 13.2. The summed E-state index contributed by atoms with van der Waals surface area (Å²) in [5.41, 5.74) is -0.288. The van der Waals surface area contributed by atoms with E-state index in [2.05, 4.69) is 9.44 Å². The average Bonchev–Trinajstić information content (AvgIpc) is 2.36. The number of ether oxygens (including phenoxy) is 1. The van der Waals surface area contributed by atoms with E-state index in [1.807, 2.05) is 20.8 Å². The van der Waals surface area contributed by atoms with Crippen LogP contribution in [0.5, 0.6) is 0 Å². The van der Waals surface area contributed by atoms with Gasteiger partial charge in [-0.2, -0.15) is 0 Å². The van der Waals surface area contributed by atoms with Crippen molar-refractivity contribution in [2.75, 3.05) is 25.2 Å². The number of hydrogen-bond acceptors (Lipinski definition) is 5. The Hall–Kier alpha value is -0.220. The Balaban J connectivity index is 2.58. The molecule has 0 aromatic heterocycles. The van der Waals surface area contributed by atoms with Crippen molar-refractivity contribution in [3.05, 3.63) is 0 Å². The van der Waals surface area contributed by atoms with Crippen molar-refractivity contribution in [3.8, 4) is 0 Å². The lowest BCUT2D eigenvalue weighted by Gasteiger charge is -2.56. The van der Waals surface area contributed by atoms with E-state index in [1.54, 1.807) is 7.11 Å². The maximum absolute atomic E-state index is 12.0. The second kappa shape index (κ2) is 6.49. The molecular weight excluding hydrogens is 316 g/mol. The average molecular weight is 342 g/mol. The maximum Gasteiger partial charge on any atom is 0.213 e. The third kappa shape index (κ3) is 4.38. The molecule has 21 heavy (non-hydrogen) atoms. The highest BCUT2D eigenvalue weighted by Gasteiger charge is 2.55. The van der Waals surface area contributed by atoms with Crippen LogP contribution in [0.3, 0.4) is 0 Å². The summed E-state index contributed by atoms with van der Waals surface area (Å²) in [6.45, 7) is 7.22. The lowest BCUT2D eigenvalue weighted by molar-refractivity contribution is -0.138. The van der Waals surface area contributed by atoms with Crippen molar-refractivity contribution in [1.29, 1.82) is 0 Å². The van der Waals surface area contributed by atoms with Crippen molar-refractivity contribution < 1.29 is 21.6 Å². The SMILES string of the molecule is CCS(=O)(=O)NCCS(=O)(=O)N[C@@H]1[C@@H](C)[C@H](OC)C1(C)C. The highest BCUT2D eigenvalue weighted by Crippen LogP contribution is 2.47.